The van der Waals surface area contributed by atoms with Gasteiger partial charge in [0.2, 0.25) is 0 Å². The van der Waals surface area contributed by atoms with Crippen LogP contribution < -0.4 is 14.4 Å². The molecule has 2 aliphatic heterocycles. The van der Waals surface area contributed by atoms with Crippen molar-refractivity contribution in [3.05, 3.63) is 53.1 Å². The minimum Gasteiger partial charge on any atom is -0.493 e. The highest BCUT2D eigenvalue weighted by Crippen LogP contribution is 2.43. The predicted molar refractivity (Wildman–Crippen MR) is 123 cm³/mol. The molecule has 0 unspecified atom stereocenters. The maximum absolute atomic E-state index is 12.8. The van der Waals surface area contributed by atoms with Crippen LogP contribution in [-0.2, 0) is 21.1 Å². The van der Waals surface area contributed by atoms with Gasteiger partial charge in [-0.3, -0.25) is 4.79 Å². The molecular weight excluding hydrogens is 460 g/mol. The fourth-order valence-electron chi connectivity index (χ4n) is 3.80. The Labute approximate surface area is 190 Å². The zero-order chi connectivity index (χ0) is 22.2. The summed E-state index contributed by atoms with van der Waals surface area (Å²) < 4.78 is 34.9. The van der Waals surface area contributed by atoms with E-state index < -0.39 is 9.84 Å². The topological polar surface area (TPSA) is 85.3 Å². The molecule has 1 amide bonds. The SMILES string of the molecule is COc1ccc(CC(=O)N=C2S[C@@H]3CS(=O)(=O)C[C@@H]3N2c2ccccc2Cl)cc1OC. The van der Waals surface area contributed by atoms with Crippen molar-refractivity contribution in [2.24, 2.45) is 4.99 Å². The van der Waals surface area contributed by atoms with Gasteiger partial charge in [0, 0.05) is 5.25 Å². The van der Waals surface area contributed by atoms with Crippen LogP contribution in [0.5, 0.6) is 11.5 Å². The van der Waals surface area contributed by atoms with E-state index >= 15 is 0 Å². The van der Waals surface area contributed by atoms with E-state index in [2.05, 4.69) is 4.99 Å². The van der Waals surface area contributed by atoms with Gasteiger partial charge < -0.3 is 14.4 Å². The van der Waals surface area contributed by atoms with Crippen molar-refractivity contribution < 1.29 is 22.7 Å². The van der Waals surface area contributed by atoms with Gasteiger partial charge in [0.25, 0.3) is 5.91 Å². The number of hydrogen-bond acceptors (Lipinski definition) is 6. The molecule has 2 fully saturated rings. The number of carbonyl (C=O) groups is 1. The highest BCUT2D eigenvalue weighted by atomic mass is 35.5. The van der Waals surface area contributed by atoms with E-state index in [1.54, 1.807) is 42.3 Å². The average molecular weight is 481 g/mol. The molecule has 2 saturated heterocycles. The van der Waals surface area contributed by atoms with Gasteiger partial charge in [-0.25, -0.2) is 8.42 Å². The van der Waals surface area contributed by atoms with Crippen LogP contribution in [0.1, 0.15) is 5.56 Å². The lowest BCUT2D eigenvalue weighted by Gasteiger charge is -2.25. The Morgan fingerprint density at radius 1 is 1.16 bits per heavy atom. The van der Waals surface area contributed by atoms with Gasteiger partial charge in [0.1, 0.15) is 0 Å². The number of benzene rings is 2. The number of nitrogens with zero attached hydrogens (tertiary/aromatic N) is 2. The Kier molecular flexibility index (Phi) is 6.18. The zero-order valence-corrected chi connectivity index (χ0v) is 19.3. The number of ether oxygens (including phenoxy) is 2. The van der Waals surface area contributed by atoms with Gasteiger partial charge >= 0.3 is 0 Å². The number of halogens is 1. The van der Waals surface area contributed by atoms with Crippen molar-refractivity contribution in [1.82, 2.24) is 0 Å². The summed E-state index contributed by atoms with van der Waals surface area (Å²) in [4.78, 5) is 18.9. The van der Waals surface area contributed by atoms with Crippen molar-refractivity contribution in [3.8, 4) is 11.5 Å². The number of anilines is 1. The second-order valence-corrected chi connectivity index (χ2v) is 11.0. The third kappa shape index (κ3) is 4.53. The van der Waals surface area contributed by atoms with Crippen LogP contribution in [0.2, 0.25) is 5.02 Å². The summed E-state index contributed by atoms with van der Waals surface area (Å²) in [6.45, 7) is 0. The largest absolute Gasteiger partial charge is 0.493 e. The molecule has 2 aromatic carbocycles. The summed E-state index contributed by atoms with van der Waals surface area (Å²) >= 11 is 7.71. The molecule has 164 valence electrons. The van der Waals surface area contributed by atoms with Crippen molar-refractivity contribution in [1.29, 1.82) is 0 Å². The van der Waals surface area contributed by atoms with Gasteiger partial charge in [-0.1, -0.05) is 41.6 Å². The molecule has 7 nitrogen and oxygen atoms in total. The first kappa shape index (κ1) is 22.0. The van der Waals surface area contributed by atoms with Gasteiger partial charge in [-0.15, -0.1) is 0 Å². The first-order valence-electron chi connectivity index (χ1n) is 9.54. The van der Waals surface area contributed by atoms with Crippen LogP contribution in [0.4, 0.5) is 5.69 Å². The van der Waals surface area contributed by atoms with Crippen LogP contribution in [-0.4, -0.2) is 56.5 Å². The summed E-state index contributed by atoms with van der Waals surface area (Å²) in [6, 6.07) is 12.1. The third-order valence-electron chi connectivity index (χ3n) is 5.20. The number of amides is 1. The summed E-state index contributed by atoms with van der Waals surface area (Å²) in [5.74, 6) is 0.850. The number of amidine groups is 1. The first-order valence-corrected chi connectivity index (χ1v) is 12.6. The fraction of sp³-hybridized carbons (Fsp3) is 0.333. The number of sulfone groups is 1. The molecule has 0 radical (unpaired) electrons. The van der Waals surface area contributed by atoms with E-state index in [4.69, 9.17) is 21.1 Å². The van der Waals surface area contributed by atoms with Crippen LogP contribution in [0.3, 0.4) is 0 Å². The lowest BCUT2D eigenvalue weighted by atomic mass is 10.1. The van der Waals surface area contributed by atoms with Crippen LogP contribution in [0.15, 0.2) is 47.5 Å². The van der Waals surface area contributed by atoms with E-state index in [1.807, 2.05) is 12.1 Å². The number of fused-ring (bicyclic) bond motifs is 1. The summed E-state index contributed by atoms with van der Waals surface area (Å²) in [5, 5.41) is 0.769. The molecule has 0 saturated carbocycles. The van der Waals surface area contributed by atoms with E-state index in [-0.39, 0.29) is 35.1 Å². The van der Waals surface area contributed by atoms with Gasteiger partial charge in [0.15, 0.2) is 26.5 Å². The quantitative estimate of drug-likeness (QED) is 0.649. The summed E-state index contributed by atoms with van der Waals surface area (Å²) in [5.41, 5.74) is 1.39. The predicted octanol–water partition coefficient (Wildman–Crippen LogP) is 3.20. The Morgan fingerprint density at radius 3 is 2.61 bits per heavy atom. The number of methoxy groups -OCH3 is 2. The second kappa shape index (κ2) is 8.72. The highest BCUT2D eigenvalue weighted by Gasteiger charge is 2.49. The van der Waals surface area contributed by atoms with Crippen molar-refractivity contribution in [2.75, 3.05) is 30.6 Å². The molecule has 2 aromatic rings. The lowest BCUT2D eigenvalue weighted by Crippen LogP contribution is -2.38. The number of hydrogen-bond donors (Lipinski definition) is 0. The maximum atomic E-state index is 12.8. The standard InChI is InChI=1S/C21H21ClN2O5S2/c1-28-17-8-7-13(9-18(17)29-2)10-20(25)23-21-24(15-6-4-3-5-14(15)22)16-11-31(26,27)12-19(16)30-21/h3-9,16,19H,10-12H2,1-2H3/t16-,19+/m0/s1. The molecule has 0 aromatic heterocycles. The third-order valence-corrected chi connectivity index (χ3v) is 8.73. The Morgan fingerprint density at radius 2 is 1.90 bits per heavy atom. The second-order valence-electron chi connectivity index (χ2n) is 7.28. The van der Waals surface area contributed by atoms with Crippen molar-refractivity contribution in [3.63, 3.8) is 0 Å². The summed E-state index contributed by atoms with van der Waals surface area (Å²) in [7, 11) is -0.0625. The highest BCUT2D eigenvalue weighted by molar-refractivity contribution is 8.16. The van der Waals surface area contributed by atoms with E-state index in [1.165, 1.54) is 18.9 Å². The van der Waals surface area contributed by atoms with Crippen molar-refractivity contribution >= 4 is 50.0 Å². The van der Waals surface area contributed by atoms with E-state index in [0.29, 0.717) is 27.4 Å². The minimum atomic E-state index is -3.15. The number of rotatable bonds is 5. The molecule has 2 heterocycles. The van der Waals surface area contributed by atoms with Crippen LogP contribution in [0.25, 0.3) is 0 Å². The maximum Gasteiger partial charge on any atom is 0.252 e. The minimum absolute atomic E-state index is 0.0127. The Balaban J connectivity index is 1.63. The normalized spacial score (nSPS) is 23.1. The smallest absolute Gasteiger partial charge is 0.252 e. The molecule has 2 atom stereocenters. The monoisotopic (exact) mass is 480 g/mol. The molecule has 31 heavy (non-hydrogen) atoms. The van der Waals surface area contributed by atoms with Gasteiger partial charge in [-0.05, 0) is 29.8 Å². The number of aliphatic imine (C=N–C) groups is 1. The molecule has 10 heteroatoms. The lowest BCUT2D eigenvalue weighted by molar-refractivity contribution is -0.117. The first-order chi connectivity index (χ1) is 14.8. The van der Waals surface area contributed by atoms with E-state index in [9.17, 15) is 13.2 Å². The van der Waals surface area contributed by atoms with Gasteiger partial charge in [-0.2, -0.15) is 4.99 Å². The fourth-order valence-corrected chi connectivity index (χ4v) is 7.96. The van der Waals surface area contributed by atoms with Crippen LogP contribution in [0, 0.1) is 0 Å². The number of thioether (sulfide) groups is 1. The molecule has 0 N–H and O–H groups in total. The molecule has 0 spiro atoms. The van der Waals surface area contributed by atoms with Crippen LogP contribution >= 0.6 is 23.4 Å². The van der Waals surface area contributed by atoms with E-state index in [0.717, 1.165) is 5.56 Å². The number of carbonyl (C=O) groups excluding carboxylic acids is 1. The average Bonchev–Trinajstić information content (AvgIpc) is 3.19. The Bertz CT molecular complexity index is 1150. The Hall–Kier alpha value is -2.23. The van der Waals surface area contributed by atoms with Crippen molar-refractivity contribution in [2.45, 2.75) is 17.7 Å². The van der Waals surface area contributed by atoms with Gasteiger partial charge in [0.05, 0.1) is 48.9 Å². The molecule has 0 bridgehead atoms. The summed E-state index contributed by atoms with van der Waals surface area (Å²) in [6.07, 6.45) is 0.0778. The molecule has 4 rings (SSSR count). The number of para-hydroxylation sites is 1. The molecule has 2 aliphatic rings. The zero-order valence-electron chi connectivity index (χ0n) is 16.9. The molecule has 0 aliphatic carbocycles. The molecular formula is C21H21ClN2O5S2.